The minimum absolute atomic E-state index is 0.0211. The molecule has 1 saturated heterocycles. The number of rotatable bonds is 6. The fourth-order valence-corrected chi connectivity index (χ4v) is 4.08. The van der Waals surface area contributed by atoms with Gasteiger partial charge in [0.15, 0.2) is 0 Å². The number of carbonyl (C=O) groups is 3. The molecule has 1 atom stereocenters. The van der Waals surface area contributed by atoms with Crippen LogP contribution in [-0.2, 0) is 4.79 Å². The van der Waals surface area contributed by atoms with Crippen LogP contribution in [0.5, 0.6) is 0 Å². The van der Waals surface area contributed by atoms with Gasteiger partial charge in [0.25, 0.3) is 11.8 Å². The molecular weight excluding hydrogens is 405 g/mol. The maximum absolute atomic E-state index is 13.1. The van der Waals surface area contributed by atoms with Gasteiger partial charge in [0, 0.05) is 35.6 Å². The second-order valence-corrected chi connectivity index (χ2v) is 8.57. The highest BCUT2D eigenvalue weighted by Gasteiger charge is 2.31. The lowest BCUT2D eigenvalue weighted by Gasteiger charge is -2.35. The zero-order chi connectivity index (χ0) is 21.7. The first kappa shape index (κ1) is 22.0. The summed E-state index contributed by atoms with van der Waals surface area (Å²) in [6.07, 6.45) is 1.33. The summed E-state index contributed by atoms with van der Waals surface area (Å²) in [6, 6.07) is 6.37. The van der Waals surface area contributed by atoms with E-state index in [4.69, 9.17) is 0 Å². The molecule has 0 bridgehead atoms. The number of likely N-dealkylation sites (tertiary alicyclic amines) is 1. The molecule has 1 aromatic heterocycles. The highest BCUT2D eigenvalue weighted by Crippen LogP contribution is 2.16. The lowest BCUT2D eigenvalue weighted by atomic mass is 9.99. The van der Waals surface area contributed by atoms with Gasteiger partial charge in [-0.3, -0.25) is 14.4 Å². The number of halogens is 1. The minimum Gasteiger partial charge on any atom is -0.349 e. The predicted octanol–water partition coefficient (Wildman–Crippen LogP) is 3.06. The van der Waals surface area contributed by atoms with Crippen LogP contribution in [0.2, 0.25) is 0 Å². The highest BCUT2D eigenvalue weighted by atomic mass is 32.1. The molecule has 1 fully saturated rings. The summed E-state index contributed by atoms with van der Waals surface area (Å²) in [5.74, 6) is -1.15. The number of thiophene rings is 1. The van der Waals surface area contributed by atoms with Gasteiger partial charge in [-0.1, -0.05) is 13.8 Å². The van der Waals surface area contributed by atoms with Crippen molar-refractivity contribution in [3.63, 3.8) is 0 Å². The Morgan fingerprint density at radius 3 is 2.27 bits per heavy atom. The fraction of sp³-hybridized carbons (Fsp3) is 0.409. The summed E-state index contributed by atoms with van der Waals surface area (Å²) in [6.45, 7) is 4.79. The van der Waals surface area contributed by atoms with Crippen LogP contribution in [0.15, 0.2) is 41.1 Å². The quantitative estimate of drug-likeness (QED) is 0.738. The van der Waals surface area contributed by atoms with Crippen LogP contribution < -0.4 is 10.6 Å². The number of nitrogens with zero attached hydrogens (tertiary/aromatic N) is 1. The number of amides is 3. The van der Waals surface area contributed by atoms with Crippen molar-refractivity contribution in [2.45, 2.75) is 38.8 Å². The van der Waals surface area contributed by atoms with Crippen LogP contribution in [0.1, 0.15) is 47.4 Å². The smallest absolute Gasteiger partial charge is 0.252 e. The van der Waals surface area contributed by atoms with E-state index in [1.54, 1.807) is 11.0 Å². The fourth-order valence-electron chi connectivity index (χ4n) is 3.44. The molecule has 8 heteroatoms. The van der Waals surface area contributed by atoms with E-state index in [2.05, 4.69) is 10.6 Å². The van der Waals surface area contributed by atoms with Crippen molar-refractivity contribution < 1.29 is 18.8 Å². The first-order valence-corrected chi connectivity index (χ1v) is 11.0. The molecule has 6 nitrogen and oxygen atoms in total. The predicted molar refractivity (Wildman–Crippen MR) is 114 cm³/mol. The summed E-state index contributed by atoms with van der Waals surface area (Å²) in [5, 5.41) is 9.48. The molecule has 1 aliphatic heterocycles. The molecule has 1 unspecified atom stereocenters. The van der Waals surface area contributed by atoms with Crippen LogP contribution in [0.3, 0.4) is 0 Å². The highest BCUT2D eigenvalue weighted by molar-refractivity contribution is 7.08. The molecule has 3 rings (SSSR count). The summed E-state index contributed by atoms with van der Waals surface area (Å²) >= 11 is 1.48. The lowest BCUT2D eigenvalue weighted by molar-refractivity contribution is -0.135. The van der Waals surface area contributed by atoms with Gasteiger partial charge < -0.3 is 15.5 Å². The summed E-state index contributed by atoms with van der Waals surface area (Å²) in [4.78, 5) is 39.5. The molecule has 1 aliphatic rings. The summed E-state index contributed by atoms with van der Waals surface area (Å²) < 4.78 is 13.1. The van der Waals surface area contributed by atoms with Crippen LogP contribution in [-0.4, -0.2) is 47.8 Å². The molecule has 0 aliphatic carbocycles. The molecule has 2 N–H and O–H groups in total. The van der Waals surface area contributed by atoms with Gasteiger partial charge >= 0.3 is 0 Å². The zero-order valence-corrected chi connectivity index (χ0v) is 17.9. The molecule has 0 radical (unpaired) electrons. The number of hydrogen-bond donors (Lipinski definition) is 2. The molecule has 30 heavy (non-hydrogen) atoms. The number of benzene rings is 1. The van der Waals surface area contributed by atoms with Crippen molar-refractivity contribution in [1.29, 1.82) is 0 Å². The van der Waals surface area contributed by atoms with E-state index in [-0.39, 0.29) is 23.8 Å². The van der Waals surface area contributed by atoms with Gasteiger partial charge in [-0.25, -0.2) is 4.39 Å². The number of carbonyl (C=O) groups excluding carboxylic acids is 3. The Balaban J connectivity index is 1.55. The van der Waals surface area contributed by atoms with E-state index in [1.165, 1.54) is 35.6 Å². The van der Waals surface area contributed by atoms with Gasteiger partial charge in [-0.2, -0.15) is 11.3 Å². The molecule has 2 heterocycles. The van der Waals surface area contributed by atoms with Crippen molar-refractivity contribution in [2.24, 2.45) is 5.92 Å². The number of nitrogens with one attached hydrogen (secondary N) is 2. The lowest BCUT2D eigenvalue weighted by Crippen LogP contribution is -2.54. The van der Waals surface area contributed by atoms with Crippen molar-refractivity contribution in [1.82, 2.24) is 15.5 Å². The standard InChI is InChI=1S/C22H26FN3O3S/c1-14(2)19(25-20(27)15-3-5-17(23)6-4-15)22(29)26-10-7-18(8-11-26)24-21(28)16-9-12-30-13-16/h3-6,9,12-14,18-19H,7-8,10-11H2,1-2H3,(H,24,28)(H,25,27). The average molecular weight is 432 g/mol. The Kier molecular flexibility index (Phi) is 7.20. The topological polar surface area (TPSA) is 78.5 Å². The van der Waals surface area contributed by atoms with Gasteiger partial charge in [-0.15, -0.1) is 0 Å². The van der Waals surface area contributed by atoms with E-state index >= 15 is 0 Å². The Bertz CT molecular complexity index is 876. The van der Waals surface area contributed by atoms with Crippen molar-refractivity contribution in [2.75, 3.05) is 13.1 Å². The first-order chi connectivity index (χ1) is 14.3. The van der Waals surface area contributed by atoms with Crippen LogP contribution in [0, 0.1) is 11.7 Å². The molecule has 0 saturated carbocycles. The third kappa shape index (κ3) is 5.44. The maximum atomic E-state index is 13.1. The second-order valence-electron chi connectivity index (χ2n) is 7.79. The molecule has 160 valence electrons. The average Bonchev–Trinajstić information content (AvgIpc) is 3.27. The number of hydrogen-bond acceptors (Lipinski definition) is 4. The van der Waals surface area contributed by atoms with E-state index < -0.39 is 17.8 Å². The first-order valence-electron chi connectivity index (χ1n) is 10.0. The Hall–Kier alpha value is -2.74. The van der Waals surface area contributed by atoms with Crippen LogP contribution >= 0.6 is 11.3 Å². The third-order valence-corrected chi connectivity index (χ3v) is 5.93. The monoisotopic (exact) mass is 431 g/mol. The Labute approximate surface area is 179 Å². The van der Waals surface area contributed by atoms with Crippen molar-refractivity contribution in [3.05, 3.63) is 58.0 Å². The molecule has 3 amide bonds. The van der Waals surface area contributed by atoms with Gasteiger partial charge in [-0.05, 0) is 54.5 Å². The van der Waals surface area contributed by atoms with Crippen LogP contribution in [0.25, 0.3) is 0 Å². The summed E-state index contributed by atoms with van der Waals surface area (Å²) in [7, 11) is 0. The molecular formula is C22H26FN3O3S. The Morgan fingerprint density at radius 2 is 1.70 bits per heavy atom. The van der Waals surface area contributed by atoms with E-state index in [0.29, 0.717) is 37.1 Å². The SMILES string of the molecule is CC(C)C(NC(=O)c1ccc(F)cc1)C(=O)N1CCC(NC(=O)c2ccsc2)CC1. The molecule has 2 aromatic rings. The number of piperidine rings is 1. The maximum Gasteiger partial charge on any atom is 0.252 e. The molecule has 1 aromatic carbocycles. The Morgan fingerprint density at radius 1 is 1.03 bits per heavy atom. The van der Waals surface area contributed by atoms with Gasteiger partial charge in [0.1, 0.15) is 11.9 Å². The normalized spacial score (nSPS) is 15.7. The van der Waals surface area contributed by atoms with E-state index in [0.717, 1.165) is 0 Å². The minimum atomic E-state index is -0.667. The van der Waals surface area contributed by atoms with E-state index in [1.807, 2.05) is 24.6 Å². The largest absolute Gasteiger partial charge is 0.349 e. The van der Waals surface area contributed by atoms with Gasteiger partial charge in [0.2, 0.25) is 5.91 Å². The third-order valence-electron chi connectivity index (χ3n) is 5.25. The second kappa shape index (κ2) is 9.84. The summed E-state index contributed by atoms with van der Waals surface area (Å²) in [5.41, 5.74) is 0.964. The van der Waals surface area contributed by atoms with Crippen molar-refractivity contribution in [3.8, 4) is 0 Å². The zero-order valence-electron chi connectivity index (χ0n) is 17.1. The molecule has 0 spiro atoms. The van der Waals surface area contributed by atoms with E-state index in [9.17, 15) is 18.8 Å². The van der Waals surface area contributed by atoms with Gasteiger partial charge in [0.05, 0.1) is 0 Å². The van der Waals surface area contributed by atoms with Crippen LogP contribution in [0.4, 0.5) is 4.39 Å². The van der Waals surface area contributed by atoms with Crippen molar-refractivity contribution >= 4 is 29.1 Å².